The van der Waals surface area contributed by atoms with E-state index in [0.717, 1.165) is 12.8 Å². The van der Waals surface area contributed by atoms with Gasteiger partial charge in [-0.15, -0.1) is 0 Å². The molecule has 0 aromatic carbocycles. The summed E-state index contributed by atoms with van der Waals surface area (Å²) >= 11 is 0. The molecule has 128 valence electrons. The third kappa shape index (κ3) is 4.44. The van der Waals surface area contributed by atoms with Gasteiger partial charge in [-0.1, -0.05) is 0 Å². The minimum absolute atomic E-state index is 0.0874. The number of hydrogen-bond acceptors (Lipinski definition) is 5. The Hall–Kier alpha value is -2.09. The Morgan fingerprint density at radius 1 is 1.48 bits per heavy atom. The molecule has 1 aliphatic rings. The van der Waals surface area contributed by atoms with E-state index in [0.29, 0.717) is 25.5 Å². The fourth-order valence-electron chi connectivity index (χ4n) is 2.68. The van der Waals surface area contributed by atoms with Gasteiger partial charge in [0, 0.05) is 32.5 Å². The zero-order valence-electron chi connectivity index (χ0n) is 13.8. The molecular formula is C15H24N4O4. The number of amides is 2. The molecule has 1 N–H and O–H groups in total. The summed E-state index contributed by atoms with van der Waals surface area (Å²) in [6, 6.07) is 1.58. The monoisotopic (exact) mass is 324 g/mol. The van der Waals surface area contributed by atoms with Crippen LogP contribution in [-0.4, -0.2) is 60.6 Å². The van der Waals surface area contributed by atoms with E-state index in [4.69, 9.17) is 9.47 Å². The van der Waals surface area contributed by atoms with Gasteiger partial charge < -0.3 is 14.4 Å². The van der Waals surface area contributed by atoms with E-state index in [1.54, 1.807) is 29.0 Å². The van der Waals surface area contributed by atoms with E-state index in [1.807, 2.05) is 6.92 Å². The van der Waals surface area contributed by atoms with Gasteiger partial charge in [0.15, 0.2) is 5.82 Å². The maximum Gasteiger partial charge on any atom is 0.323 e. The van der Waals surface area contributed by atoms with Crippen LogP contribution in [0.2, 0.25) is 0 Å². The number of aromatic nitrogens is 2. The van der Waals surface area contributed by atoms with Crippen molar-refractivity contribution in [3.63, 3.8) is 0 Å². The van der Waals surface area contributed by atoms with Gasteiger partial charge in [-0.05, 0) is 19.8 Å². The quantitative estimate of drug-likeness (QED) is 0.830. The molecule has 1 aromatic heterocycles. The first-order chi connectivity index (χ1) is 11.0. The van der Waals surface area contributed by atoms with Crippen molar-refractivity contribution in [2.45, 2.75) is 25.8 Å². The molecule has 2 atom stereocenters. The van der Waals surface area contributed by atoms with E-state index in [9.17, 15) is 9.59 Å². The molecule has 8 nitrogen and oxygen atoms in total. The van der Waals surface area contributed by atoms with Crippen LogP contribution >= 0.6 is 0 Å². The van der Waals surface area contributed by atoms with Gasteiger partial charge in [-0.25, -0.2) is 4.79 Å². The molecular weight excluding hydrogens is 300 g/mol. The molecule has 0 radical (unpaired) electrons. The van der Waals surface area contributed by atoms with Crippen LogP contribution in [0.1, 0.15) is 25.8 Å². The summed E-state index contributed by atoms with van der Waals surface area (Å²) in [4.78, 5) is 25.6. The first-order valence-corrected chi connectivity index (χ1v) is 7.73. The highest BCUT2D eigenvalue weighted by atomic mass is 16.5. The second-order valence-corrected chi connectivity index (χ2v) is 5.72. The molecule has 1 saturated heterocycles. The number of likely N-dealkylation sites (tertiary alicyclic amines) is 1. The Bertz CT molecular complexity index is 545. The highest BCUT2D eigenvalue weighted by molar-refractivity contribution is 5.88. The fraction of sp³-hybridized carbons (Fsp3) is 0.667. The Kier molecular flexibility index (Phi) is 5.97. The molecule has 1 aliphatic heterocycles. The van der Waals surface area contributed by atoms with Crippen molar-refractivity contribution in [1.82, 2.24) is 14.7 Å². The van der Waals surface area contributed by atoms with Crippen molar-refractivity contribution in [3.05, 3.63) is 12.3 Å². The van der Waals surface area contributed by atoms with E-state index in [2.05, 4.69) is 10.4 Å². The zero-order chi connectivity index (χ0) is 16.8. The molecule has 2 amide bonds. The van der Waals surface area contributed by atoms with Gasteiger partial charge in [0.25, 0.3) is 0 Å². The van der Waals surface area contributed by atoms with Crippen molar-refractivity contribution in [2.24, 2.45) is 5.92 Å². The Labute approximate surface area is 135 Å². The lowest BCUT2D eigenvalue weighted by molar-refractivity contribution is -0.146. The van der Waals surface area contributed by atoms with Gasteiger partial charge in [0.2, 0.25) is 0 Å². The maximum atomic E-state index is 12.3. The molecule has 0 aliphatic carbocycles. The number of ether oxygens (including phenoxy) is 2. The Balaban J connectivity index is 1.92. The third-order valence-corrected chi connectivity index (χ3v) is 3.95. The topological polar surface area (TPSA) is 85.7 Å². The second kappa shape index (κ2) is 7.96. The number of nitrogens with zero attached hydrogens (tertiary/aromatic N) is 3. The molecule has 0 bridgehead atoms. The number of rotatable bonds is 5. The van der Waals surface area contributed by atoms with E-state index in [-0.39, 0.29) is 24.0 Å². The summed E-state index contributed by atoms with van der Waals surface area (Å²) in [6.45, 7) is 3.52. The van der Waals surface area contributed by atoms with Crippen LogP contribution in [0.15, 0.2) is 12.3 Å². The highest BCUT2D eigenvalue weighted by Crippen LogP contribution is 2.19. The summed E-state index contributed by atoms with van der Waals surface area (Å²) in [5, 5.41) is 7.09. The predicted octanol–water partition coefficient (Wildman–Crippen LogP) is 1.51. The first-order valence-electron chi connectivity index (χ1n) is 7.73. The fourth-order valence-corrected chi connectivity index (χ4v) is 2.68. The van der Waals surface area contributed by atoms with Crippen LogP contribution in [0.4, 0.5) is 10.6 Å². The van der Waals surface area contributed by atoms with E-state index < -0.39 is 0 Å². The van der Waals surface area contributed by atoms with Crippen LogP contribution in [0.3, 0.4) is 0 Å². The van der Waals surface area contributed by atoms with Crippen LogP contribution in [0, 0.1) is 5.92 Å². The molecule has 23 heavy (non-hydrogen) atoms. The molecule has 1 aromatic rings. The maximum absolute atomic E-state index is 12.3. The largest absolute Gasteiger partial charge is 0.469 e. The summed E-state index contributed by atoms with van der Waals surface area (Å²) in [5.74, 6) is -0.0305. The van der Waals surface area contributed by atoms with Gasteiger partial charge in [-0.3, -0.25) is 14.8 Å². The highest BCUT2D eigenvalue weighted by Gasteiger charge is 2.29. The van der Waals surface area contributed by atoms with Crippen molar-refractivity contribution in [1.29, 1.82) is 0 Å². The lowest BCUT2D eigenvalue weighted by Gasteiger charge is -2.31. The normalized spacial score (nSPS) is 19.3. The number of carbonyl (C=O) groups excluding carboxylic acids is 2. The number of hydrogen-bond donors (Lipinski definition) is 1. The Morgan fingerprint density at radius 2 is 2.26 bits per heavy atom. The van der Waals surface area contributed by atoms with Crippen molar-refractivity contribution >= 4 is 17.8 Å². The molecule has 2 rings (SSSR count). The van der Waals surface area contributed by atoms with Crippen molar-refractivity contribution in [2.75, 3.05) is 39.2 Å². The predicted molar refractivity (Wildman–Crippen MR) is 84.1 cm³/mol. The van der Waals surface area contributed by atoms with Crippen LogP contribution in [0.5, 0.6) is 0 Å². The smallest absolute Gasteiger partial charge is 0.323 e. The molecule has 8 heteroatoms. The number of urea groups is 1. The number of esters is 1. The Morgan fingerprint density at radius 3 is 2.96 bits per heavy atom. The summed E-state index contributed by atoms with van der Waals surface area (Å²) < 4.78 is 11.6. The lowest BCUT2D eigenvalue weighted by Crippen LogP contribution is -2.44. The number of nitrogens with one attached hydrogen (secondary N) is 1. The average Bonchev–Trinajstić information content (AvgIpc) is 3.03. The van der Waals surface area contributed by atoms with Crippen LogP contribution in [-0.2, 0) is 14.3 Å². The van der Waals surface area contributed by atoms with Gasteiger partial charge in [0.05, 0.1) is 25.7 Å². The third-order valence-electron chi connectivity index (χ3n) is 3.95. The van der Waals surface area contributed by atoms with Gasteiger partial charge >= 0.3 is 12.0 Å². The first kappa shape index (κ1) is 17.3. The number of methoxy groups -OCH3 is 2. The van der Waals surface area contributed by atoms with Crippen LogP contribution in [0.25, 0.3) is 0 Å². The lowest BCUT2D eigenvalue weighted by atomic mass is 9.98. The average molecular weight is 324 g/mol. The van der Waals surface area contributed by atoms with Crippen molar-refractivity contribution in [3.8, 4) is 0 Å². The molecule has 2 heterocycles. The van der Waals surface area contributed by atoms with Crippen LogP contribution < -0.4 is 5.32 Å². The minimum Gasteiger partial charge on any atom is -0.469 e. The minimum atomic E-state index is -0.264. The summed E-state index contributed by atoms with van der Waals surface area (Å²) in [7, 11) is 3.01. The number of piperidine rings is 1. The number of carbonyl (C=O) groups is 2. The second-order valence-electron chi connectivity index (χ2n) is 5.72. The van der Waals surface area contributed by atoms with Gasteiger partial charge in [0.1, 0.15) is 0 Å². The summed E-state index contributed by atoms with van der Waals surface area (Å²) in [5.41, 5.74) is 0. The summed E-state index contributed by atoms with van der Waals surface area (Å²) in [6.07, 6.45) is 3.33. The molecule has 1 fully saturated rings. The number of anilines is 1. The van der Waals surface area contributed by atoms with E-state index in [1.165, 1.54) is 7.11 Å². The van der Waals surface area contributed by atoms with E-state index >= 15 is 0 Å². The van der Waals surface area contributed by atoms with Gasteiger partial charge in [-0.2, -0.15) is 5.10 Å². The molecule has 0 saturated carbocycles. The molecule has 0 spiro atoms. The standard InChI is InChI=1S/C15H24N4O4/c1-11(10-22-2)19-8-6-13(17-19)16-15(21)18-7-4-5-12(9-18)14(20)23-3/h6,8,11-12H,4-5,7,9-10H2,1-3H3,(H,16,17,21). The zero-order valence-corrected chi connectivity index (χ0v) is 13.8. The SMILES string of the molecule is COCC(C)n1ccc(NC(=O)N2CCCC(C(=O)OC)C2)n1. The van der Waals surface area contributed by atoms with Crippen molar-refractivity contribution < 1.29 is 19.1 Å². The molecule has 2 unspecified atom stereocenters.